The molecule has 2 nitrogen and oxygen atoms in total. The third-order valence-corrected chi connectivity index (χ3v) is 6.62. The molecule has 0 amide bonds. The Morgan fingerprint density at radius 2 is 2.00 bits per heavy atom. The Kier molecular flexibility index (Phi) is 4.97. The molecule has 2 atom stereocenters. The zero-order chi connectivity index (χ0) is 19.1. The second-order valence-corrected chi connectivity index (χ2v) is 9.34. The van der Waals surface area contributed by atoms with E-state index < -0.39 is 11.7 Å². The molecule has 0 bridgehead atoms. The van der Waals surface area contributed by atoms with Gasteiger partial charge in [0.15, 0.2) is 0 Å². The molecular weight excluding hydrogens is 371 g/mol. The summed E-state index contributed by atoms with van der Waals surface area (Å²) in [5.41, 5.74) is 1.60. The molecule has 1 aliphatic carbocycles. The molecule has 1 aromatic carbocycles. The van der Waals surface area contributed by atoms with Crippen LogP contribution in [0.25, 0.3) is 0 Å². The van der Waals surface area contributed by atoms with Crippen molar-refractivity contribution in [3.05, 3.63) is 59.4 Å². The SMILES string of the molecule is CC1(Sc2cccc(C(F)(F)F)c2)CCOC(c2ccc(C3CC3)nc2)C1. The largest absolute Gasteiger partial charge is 0.416 e. The molecule has 2 aliphatic rings. The van der Waals surface area contributed by atoms with Crippen molar-refractivity contribution in [3.63, 3.8) is 0 Å². The van der Waals surface area contributed by atoms with E-state index >= 15 is 0 Å². The van der Waals surface area contributed by atoms with Crippen molar-refractivity contribution in [2.24, 2.45) is 0 Å². The Hall–Kier alpha value is -1.53. The fourth-order valence-corrected chi connectivity index (χ4v) is 4.85. The normalized spacial score (nSPS) is 26.1. The van der Waals surface area contributed by atoms with Gasteiger partial charge in [0.25, 0.3) is 0 Å². The summed E-state index contributed by atoms with van der Waals surface area (Å²) in [4.78, 5) is 5.22. The molecule has 2 fully saturated rings. The number of alkyl halides is 3. The molecule has 1 aliphatic heterocycles. The van der Waals surface area contributed by atoms with Gasteiger partial charge in [0.05, 0.1) is 11.7 Å². The monoisotopic (exact) mass is 393 g/mol. The summed E-state index contributed by atoms with van der Waals surface area (Å²) in [6, 6.07) is 9.76. The van der Waals surface area contributed by atoms with Crippen LogP contribution in [0, 0.1) is 0 Å². The van der Waals surface area contributed by atoms with Crippen molar-refractivity contribution in [1.82, 2.24) is 4.98 Å². The number of ether oxygens (including phenoxy) is 1. The Morgan fingerprint density at radius 1 is 1.19 bits per heavy atom. The van der Waals surface area contributed by atoms with E-state index in [-0.39, 0.29) is 10.9 Å². The lowest BCUT2D eigenvalue weighted by molar-refractivity contribution is -0.137. The van der Waals surface area contributed by atoms with E-state index in [2.05, 4.69) is 24.0 Å². The molecule has 2 aromatic rings. The standard InChI is InChI=1S/C21H22F3NOS/c1-20(27-17-4-2-3-16(11-17)21(22,23)24)9-10-26-19(12-20)15-7-8-18(25-13-15)14-5-6-14/h2-4,7-8,11,13-14,19H,5-6,9-10,12H2,1H3. The van der Waals surface area contributed by atoms with Crippen LogP contribution in [0.3, 0.4) is 0 Å². The van der Waals surface area contributed by atoms with Crippen molar-refractivity contribution in [1.29, 1.82) is 0 Å². The third kappa shape index (κ3) is 4.49. The number of nitrogens with zero attached hydrogens (tertiary/aromatic N) is 1. The highest BCUT2D eigenvalue weighted by atomic mass is 32.2. The minimum atomic E-state index is -4.31. The lowest BCUT2D eigenvalue weighted by atomic mass is 9.93. The van der Waals surface area contributed by atoms with Gasteiger partial charge in [-0.3, -0.25) is 4.98 Å². The maximum absolute atomic E-state index is 13.0. The highest BCUT2D eigenvalue weighted by molar-refractivity contribution is 8.00. The first-order valence-corrected chi connectivity index (χ1v) is 10.1. The lowest BCUT2D eigenvalue weighted by Crippen LogP contribution is -2.31. The zero-order valence-corrected chi connectivity index (χ0v) is 15.9. The highest BCUT2D eigenvalue weighted by Gasteiger charge is 2.36. The molecule has 0 N–H and O–H groups in total. The fraction of sp³-hybridized carbons (Fsp3) is 0.476. The van der Waals surface area contributed by atoms with Crippen LogP contribution in [-0.2, 0) is 10.9 Å². The fourth-order valence-electron chi connectivity index (χ4n) is 3.53. The van der Waals surface area contributed by atoms with Crippen molar-refractivity contribution in [2.75, 3.05) is 6.61 Å². The first kappa shape index (κ1) is 18.8. The van der Waals surface area contributed by atoms with Gasteiger partial charge in [-0.1, -0.05) is 12.1 Å². The summed E-state index contributed by atoms with van der Waals surface area (Å²) in [6.07, 6.45) is 1.51. The van der Waals surface area contributed by atoms with Crippen LogP contribution in [0.4, 0.5) is 13.2 Å². The van der Waals surface area contributed by atoms with Gasteiger partial charge in [-0.15, -0.1) is 11.8 Å². The Balaban J connectivity index is 1.48. The van der Waals surface area contributed by atoms with Crippen LogP contribution in [0.15, 0.2) is 47.5 Å². The van der Waals surface area contributed by atoms with Crippen LogP contribution < -0.4 is 0 Å². The van der Waals surface area contributed by atoms with E-state index in [9.17, 15) is 13.2 Å². The number of thioether (sulfide) groups is 1. The van der Waals surface area contributed by atoms with E-state index in [4.69, 9.17) is 4.74 Å². The van der Waals surface area contributed by atoms with Gasteiger partial charge >= 0.3 is 6.18 Å². The average molecular weight is 393 g/mol. The van der Waals surface area contributed by atoms with Crippen LogP contribution in [0.2, 0.25) is 0 Å². The van der Waals surface area contributed by atoms with Crippen molar-refractivity contribution in [3.8, 4) is 0 Å². The van der Waals surface area contributed by atoms with Crippen molar-refractivity contribution >= 4 is 11.8 Å². The van der Waals surface area contributed by atoms with Crippen LogP contribution in [0.5, 0.6) is 0 Å². The molecule has 144 valence electrons. The first-order valence-electron chi connectivity index (χ1n) is 9.26. The average Bonchev–Trinajstić information content (AvgIpc) is 3.46. The van der Waals surface area contributed by atoms with Gasteiger partial charge < -0.3 is 4.74 Å². The predicted molar refractivity (Wildman–Crippen MR) is 99.8 cm³/mol. The van der Waals surface area contributed by atoms with Crippen molar-refractivity contribution in [2.45, 2.75) is 60.4 Å². The van der Waals surface area contributed by atoms with E-state index in [0.717, 1.165) is 30.2 Å². The summed E-state index contributed by atoms with van der Waals surface area (Å²) < 4.78 is 44.7. The molecule has 27 heavy (non-hydrogen) atoms. The Morgan fingerprint density at radius 3 is 2.67 bits per heavy atom. The van der Waals surface area contributed by atoms with E-state index in [1.165, 1.54) is 36.7 Å². The second kappa shape index (κ2) is 7.13. The number of hydrogen-bond donors (Lipinski definition) is 0. The van der Waals surface area contributed by atoms with Gasteiger partial charge in [0, 0.05) is 34.1 Å². The molecule has 6 heteroatoms. The Bertz CT molecular complexity index is 804. The number of benzene rings is 1. The van der Waals surface area contributed by atoms with Crippen molar-refractivity contribution < 1.29 is 17.9 Å². The van der Waals surface area contributed by atoms with Gasteiger partial charge in [-0.25, -0.2) is 0 Å². The lowest BCUT2D eigenvalue weighted by Gasteiger charge is -2.38. The number of halogens is 3. The molecular formula is C21H22F3NOS. The molecule has 1 aromatic heterocycles. The molecule has 0 radical (unpaired) electrons. The maximum atomic E-state index is 13.0. The third-order valence-electron chi connectivity index (χ3n) is 5.27. The molecule has 4 rings (SSSR count). The predicted octanol–water partition coefficient (Wildman–Crippen LogP) is 6.38. The number of pyridine rings is 1. The van der Waals surface area contributed by atoms with Crippen LogP contribution >= 0.6 is 11.8 Å². The molecule has 1 saturated heterocycles. The molecule has 2 heterocycles. The van der Waals surface area contributed by atoms with Gasteiger partial charge in [-0.2, -0.15) is 13.2 Å². The number of aromatic nitrogens is 1. The summed E-state index contributed by atoms with van der Waals surface area (Å²) in [5.74, 6) is 0.619. The molecule has 1 saturated carbocycles. The quantitative estimate of drug-likeness (QED) is 0.602. The smallest absolute Gasteiger partial charge is 0.373 e. The first-order chi connectivity index (χ1) is 12.8. The van der Waals surface area contributed by atoms with E-state index in [0.29, 0.717) is 17.4 Å². The highest BCUT2D eigenvalue weighted by Crippen LogP contribution is 2.47. The van der Waals surface area contributed by atoms with E-state index in [1.54, 1.807) is 6.07 Å². The van der Waals surface area contributed by atoms with Gasteiger partial charge in [-0.05, 0) is 62.4 Å². The topological polar surface area (TPSA) is 22.1 Å². The summed E-state index contributed by atoms with van der Waals surface area (Å²) in [6.45, 7) is 2.71. The summed E-state index contributed by atoms with van der Waals surface area (Å²) in [5, 5.41) is 0. The van der Waals surface area contributed by atoms with Gasteiger partial charge in [0.1, 0.15) is 0 Å². The molecule has 0 spiro atoms. The minimum absolute atomic E-state index is 0.0669. The Labute approximate surface area is 161 Å². The summed E-state index contributed by atoms with van der Waals surface area (Å²) in [7, 11) is 0. The van der Waals surface area contributed by atoms with Crippen LogP contribution in [-0.4, -0.2) is 16.3 Å². The van der Waals surface area contributed by atoms with Gasteiger partial charge in [0.2, 0.25) is 0 Å². The number of rotatable bonds is 4. The maximum Gasteiger partial charge on any atom is 0.416 e. The van der Waals surface area contributed by atoms with Crippen LogP contribution in [0.1, 0.15) is 61.4 Å². The summed E-state index contributed by atoms with van der Waals surface area (Å²) >= 11 is 1.51. The molecule has 2 unspecified atom stereocenters. The second-order valence-electron chi connectivity index (χ2n) is 7.68. The minimum Gasteiger partial charge on any atom is -0.373 e. The van der Waals surface area contributed by atoms with E-state index in [1.807, 2.05) is 6.20 Å². The number of hydrogen-bond acceptors (Lipinski definition) is 3. The zero-order valence-electron chi connectivity index (χ0n) is 15.1.